The number of urea groups is 1. The molecule has 0 bridgehead atoms. The fraction of sp³-hybridized carbons (Fsp3) is 0.438. The first-order chi connectivity index (χ1) is 12.1. The topological polar surface area (TPSA) is 136 Å². The number of likely N-dealkylation sites (N-methyl/N-ethyl adjacent to an activating group) is 1. The molecule has 3 N–H and O–H groups in total. The second kappa shape index (κ2) is 7.73. The Balaban J connectivity index is 1.95. The minimum absolute atomic E-state index is 0.0507. The zero-order valence-electron chi connectivity index (χ0n) is 14.5. The van der Waals surface area contributed by atoms with Gasteiger partial charge in [-0.2, -0.15) is 0 Å². The molecule has 26 heavy (non-hydrogen) atoms. The van der Waals surface area contributed by atoms with Crippen LogP contribution >= 0.6 is 0 Å². The Morgan fingerprint density at radius 3 is 2.38 bits per heavy atom. The van der Waals surface area contributed by atoms with Crippen molar-refractivity contribution in [2.45, 2.75) is 25.5 Å². The Morgan fingerprint density at radius 2 is 1.88 bits per heavy atom. The third-order valence-electron chi connectivity index (χ3n) is 4.12. The van der Waals surface area contributed by atoms with Crippen LogP contribution in [0, 0.1) is 0 Å². The van der Waals surface area contributed by atoms with Gasteiger partial charge in [-0.25, -0.2) is 18.0 Å². The highest BCUT2D eigenvalue weighted by Crippen LogP contribution is 2.18. The van der Waals surface area contributed by atoms with E-state index >= 15 is 0 Å². The predicted molar refractivity (Wildman–Crippen MR) is 94.4 cm³/mol. The maximum Gasteiger partial charge on any atom is 0.338 e. The Hall–Kier alpha value is -2.62. The summed E-state index contributed by atoms with van der Waals surface area (Å²) in [5, 5.41) is 2.36. The second-order valence-corrected chi connectivity index (χ2v) is 8.35. The molecule has 1 heterocycles. The molecule has 0 radical (unpaired) electrons. The van der Waals surface area contributed by atoms with E-state index < -0.39 is 39.9 Å². The van der Waals surface area contributed by atoms with Gasteiger partial charge in [-0.3, -0.25) is 4.79 Å². The average molecular weight is 383 g/mol. The van der Waals surface area contributed by atoms with Crippen LogP contribution in [-0.2, 0) is 19.4 Å². The molecule has 1 fully saturated rings. The third-order valence-corrected chi connectivity index (χ3v) is 5.87. The van der Waals surface area contributed by atoms with Gasteiger partial charge < -0.3 is 20.7 Å². The number of carbonyl (C=O) groups is 3. The monoisotopic (exact) mass is 383 g/mol. The summed E-state index contributed by atoms with van der Waals surface area (Å²) >= 11 is 0. The molecule has 1 aliphatic rings. The average Bonchev–Trinajstić information content (AvgIpc) is 2.93. The molecule has 10 heteroatoms. The Morgan fingerprint density at radius 1 is 1.27 bits per heavy atom. The summed E-state index contributed by atoms with van der Waals surface area (Å²) in [4.78, 5) is 36.6. The number of anilines is 1. The predicted octanol–water partition coefficient (Wildman–Crippen LogP) is 0.368. The smallest absolute Gasteiger partial charge is 0.338 e. The van der Waals surface area contributed by atoms with Gasteiger partial charge in [0.2, 0.25) is 0 Å². The first kappa shape index (κ1) is 19.7. The number of benzene rings is 1. The van der Waals surface area contributed by atoms with E-state index in [2.05, 4.69) is 5.32 Å². The van der Waals surface area contributed by atoms with Crippen molar-refractivity contribution in [2.75, 3.05) is 23.9 Å². The number of ether oxygens (including phenoxy) is 1. The summed E-state index contributed by atoms with van der Waals surface area (Å²) in [5.41, 5.74) is 5.61. The maximum atomic E-state index is 12.4. The van der Waals surface area contributed by atoms with E-state index in [0.29, 0.717) is 12.1 Å². The van der Waals surface area contributed by atoms with E-state index in [1.165, 1.54) is 43.1 Å². The van der Waals surface area contributed by atoms with Crippen LogP contribution < -0.4 is 11.1 Å². The van der Waals surface area contributed by atoms with Crippen LogP contribution in [0.3, 0.4) is 0 Å². The van der Waals surface area contributed by atoms with Gasteiger partial charge in [0.15, 0.2) is 15.9 Å². The number of esters is 1. The normalized spacial score (nSPS) is 19.4. The Bertz CT molecular complexity index is 806. The lowest BCUT2D eigenvalue weighted by atomic mass is 10.2. The molecule has 3 amide bonds. The number of nitrogens with zero attached hydrogens (tertiary/aromatic N) is 1. The number of sulfone groups is 1. The third kappa shape index (κ3) is 4.94. The number of carbonyl (C=O) groups excluding carboxylic acids is 3. The molecule has 1 saturated heterocycles. The van der Waals surface area contributed by atoms with Gasteiger partial charge in [0.1, 0.15) is 0 Å². The molecule has 1 aromatic rings. The minimum atomic E-state index is -3.12. The highest BCUT2D eigenvalue weighted by molar-refractivity contribution is 7.91. The second-order valence-electron chi connectivity index (χ2n) is 6.12. The minimum Gasteiger partial charge on any atom is -0.449 e. The van der Waals surface area contributed by atoms with Crippen LogP contribution in [0.4, 0.5) is 10.5 Å². The SMILES string of the molecule is C[C@@H](OC(=O)c1ccc(NC(N)=O)cc1)C(=O)N(C)[C@H]1CCS(=O)(=O)C1. The highest BCUT2D eigenvalue weighted by atomic mass is 32.2. The van der Waals surface area contributed by atoms with Gasteiger partial charge in [-0.1, -0.05) is 0 Å². The quantitative estimate of drug-likeness (QED) is 0.705. The van der Waals surface area contributed by atoms with Gasteiger partial charge in [0.25, 0.3) is 5.91 Å². The van der Waals surface area contributed by atoms with Gasteiger partial charge in [-0.15, -0.1) is 0 Å². The Kier molecular flexibility index (Phi) is 5.86. The Labute approximate surface area is 151 Å². The van der Waals surface area contributed by atoms with Crippen LogP contribution in [0.5, 0.6) is 0 Å². The first-order valence-corrected chi connectivity index (χ1v) is 9.76. The molecule has 2 rings (SSSR count). The molecule has 9 nitrogen and oxygen atoms in total. The van der Waals surface area contributed by atoms with Crippen LogP contribution in [0.2, 0.25) is 0 Å². The van der Waals surface area contributed by atoms with Crippen molar-refractivity contribution < 1.29 is 27.5 Å². The largest absolute Gasteiger partial charge is 0.449 e. The van der Waals surface area contributed by atoms with E-state index in [1.54, 1.807) is 0 Å². The van der Waals surface area contributed by atoms with E-state index in [4.69, 9.17) is 10.5 Å². The summed E-state index contributed by atoms with van der Waals surface area (Å²) in [7, 11) is -1.62. The van der Waals surface area contributed by atoms with E-state index in [0.717, 1.165) is 0 Å². The van der Waals surface area contributed by atoms with Gasteiger partial charge in [0, 0.05) is 18.8 Å². The molecule has 0 aliphatic carbocycles. The maximum absolute atomic E-state index is 12.4. The lowest BCUT2D eigenvalue weighted by Gasteiger charge is -2.26. The van der Waals surface area contributed by atoms with Crippen molar-refractivity contribution >= 4 is 33.4 Å². The van der Waals surface area contributed by atoms with Crippen molar-refractivity contribution in [3.05, 3.63) is 29.8 Å². The molecule has 1 aromatic carbocycles. The van der Waals surface area contributed by atoms with Crippen molar-refractivity contribution in [1.29, 1.82) is 0 Å². The number of rotatable bonds is 5. The molecule has 1 aliphatic heterocycles. The summed E-state index contributed by atoms with van der Waals surface area (Å²) in [6.07, 6.45) is -0.682. The fourth-order valence-corrected chi connectivity index (χ4v) is 4.43. The van der Waals surface area contributed by atoms with E-state index in [9.17, 15) is 22.8 Å². The van der Waals surface area contributed by atoms with E-state index in [-0.39, 0.29) is 17.1 Å². The van der Waals surface area contributed by atoms with Crippen molar-refractivity contribution in [2.24, 2.45) is 5.73 Å². The molecule has 2 atom stereocenters. The molecule has 0 aromatic heterocycles. The number of primary amides is 1. The van der Waals surface area contributed by atoms with Crippen LogP contribution in [0.15, 0.2) is 24.3 Å². The summed E-state index contributed by atoms with van der Waals surface area (Å²) in [6, 6.07) is 4.67. The molecular weight excluding hydrogens is 362 g/mol. The highest BCUT2D eigenvalue weighted by Gasteiger charge is 2.35. The molecule has 0 spiro atoms. The number of amides is 3. The van der Waals surface area contributed by atoms with Crippen LogP contribution in [-0.4, -0.2) is 61.9 Å². The fourth-order valence-electron chi connectivity index (χ4n) is 2.66. The number of hydrogen-bond donors (Lipinski definition) is 2. The summed E-state index contributed by atoms with van der Waals surface area (Å²) in [6.45, 7) is 1.43. The van der Waals surface area contributed by atoms with Crippen molar-refractivity contribution in [3.63, 3.8) is 0 Å². The lowest BCUT2D eigenvalue weighted by Crippen LogP contribution is -2.44. The number of nitrogens with one attached hydrogen (secondary N) is 1. The van der Waals surface area contributed by atoms with Gasteiger partial charge in [0.05, 0.1) is 17.1 Å². The van der Waals surface area contributed by atoms with E-state index in [1.807, 2.05) is 0 Å². The molecule has 0 unspecified atom stereocenters. The number of hydrogen-bond acceptors (Lipinski definition) is 6. The van der Waals surface area contributed by atoms with Crippen molar-refractivity contribution in [3.8, 4) is 0 Å². The number of nitrogens with two attached hydrogens (primary N) is 1. The summed E-state index contributed by atoms with van der Waals surface area (Å²) in [5.74, 6) is -1.20. The molecular formula is C16H21N3O6S. The summed E-state index contributed by atoms with van der Waals surface area (Å²) < 4.78 is 28.2. The zero-order chi connectivity index (χ0) is 19.5. The van der Waals surface area contributed by atoms with Crippen molar-refractivity contribution in [1.82, 2.24) is 4.90 Å². The standard InChI is InChI=1S/C16H21N3O6S/c1-10(14(20)19(2)13-7-8-26(23,24)9-13)25-15(21)11-3-5-12(6-4-11)18-16(17)22/h3-6,10,13H,7-9H2,1-2H3,(H3,17,18,22)/t10-,13+/m1/s1. The van der Waals surface area contributed by atoms with Gasteiger partial charge in [-0.05, 0) is 37.6 Å². The molecule has 0 saturated carbocycles. The van der Waals surface area contributed by atoms with Crippen LogP contribution in [0.25, 0.3) is 0 Å². The molecule has 142 valence electrons. The lowest BCUT2D eigenvalue weighted by molar-refractivity contribution is -0.140. The first-order valence-electron chi connectivity index (χ1n) is 7.93. The zero-order valence-corrected chi connectivity index (χ0v) is 15.3. The van der Waals surface area contributed by atoms with Gasteiger partial charge >= 0.3 is 12.0 Å². The van der Waals surface area contributed by atoms with Crippen LogP contribution in [0.1, 0.15) is 23.7 Å².